The molecule has 0 aliphatic heterocycles. The number of carbonyl (C=O) groups excluding carboxylic acids is 3. The molecule has 8 nitrogen and oxygen atoms in total. The number of rotatable bonds is 6. The molecule has 18 heavy (non-hydrogen) atoms. The topological polar surface area (TPSA) is 130 Å². The zero-order valence-corrected chi connectivity index (χ0v) is 10.6. The van der Waals surface area contributed by atoms with Gasteiger partial charge in [-0.15, -0.1) is 0 Å². The highest BCUT2D eigenvalue weighted by molar-refractivity contribution is 7.80. The number of hydrogen-bond donors (Lipinski definition) is 4. The van der Waals surface area contributed by atoms with Crippen LogP contribution < -0.4 is 11.1 Å². The van der Waals surface area contributed by atoms with Crippen LogP contribution in [0.1, 0.15) is 6.92 Å². The maximum Gasteiger partial charge on any atom is 0.322 e. The quantitative estimate of drug-likeness (QED) is 0.408. The molecule has 0 bridgehead atoms. The summed E-state index contributed by atoms with van der Waals surface area (Å²) >= 11 is 3.81. The maximum atomic E-state index is 11.6. The summed E-state index contributed by atoms with van der Waals surface area (Å²) in [6.07, 6.45) is 0. The van der Waals surface area contributed by atoms with E-state index in [1.807, 2.05) is 5.32 Å². The summed E-state index contributed by atoms with van der Waals surface area (Å²) in [5, 5.41) is 10.4. The fourth-order valence-corrected chi connectivity index (χ4v) is 1.15. The highest BCUT2D eigenvalue weighted by Gasteiger charge is 2.25. The fraction of sp³-hybridized carbons (Fsp3) is 0.556. The molecule has 0 saturated heterocycles. The van der Waals surface area contributed by atoms with Crippen molar-refractivity contribution in [1.29, 1.82) is 0 Å². The zero-order valence-electron chi connectivity index (χ0n) is 9.75. The minimum Gasteiger partial charge on any atom is -0.480 e. The van der Waals surface area contributed by atoms with E-state index >= 15 is 0 Å². The molecule has 3 amide bonds. The Morgan fingerprint density at radius 1 is 1.39 bits per heavy atom. The first-order valence-electron chi connectivity index (χ1n) is 4.96. The maximum absolute atomic E-state index is 11.6. The van der Waals surface area contributed by atoms with E-state index in [0.29, 0.717) is 4.90 Å². The summed E-state index contributed by atoms with van der Waals surface area (Å²) in [4.78, 5) is 45.0. The van der Waals surface area contributed by atoms with Gasteiger partial charge in [-0.25, -0.2) is 0 Å². The van der Waals surface area contributed by atoms with E-state index < -0.39 is 42.8 Å². The lowest BCUT2D eigenvalue weighted by Crippen LogP contribution is -2.50. The average molecular weight is 277 g/mol. The van der Waals surface area contributed by atoms with E-state index in [4.69, 9.17) is 10.8 Å². The molecule has 0 saturated carbocycles. The predicted octanol–water partition coefficient (Wildman–Crippen LogP) is -2.18. The van der Waals surface area contributed by atoms with Gasteiger partial charge in [0.2, 0.25) is 17.7 Å². The van der Waals surface area contributed by atoms with Crippen LogP contribution in [0.3, 0.4) is 0 Å². The van der Waals surface area contributed by atoms with Crippen molar-refractivity contribution < 1.29 is 24.3 Å². The van der Waals surface area contributed by atoms with Gasteiger partial charge < -0.3 is 16.2 Å². The summed E-state index contributed by atoms with van der Waals surface area (Å²) in [6.45, 7) is -0.0477. The number of nitrogens with one attached hydrogen (secondary N) is 1. The van der Waals surface area contributed by atoms with Gasteiger partial charge in [0, 0.05) is 12.7 Å². The molecule has 0 fully saturated rings. The van der Waals surface area contributed by atoms with Gasteiger partial charge in [0.15, 0.2) is 0 Å². The van der Waals surface area contributed by atoms with Crippen LogP contribution in [0.15, 0.2) is 0 Å². The number of amides is 3. The first kappa shape index (κ1) is 16.4. The number of thiol groups is 1. The molecule has 0 rings (SSSR count). The number of carbonyl (C=O) groups is 4. The van der Waals surface area contributed by atoms with Crippen molar-refractivity contribution in [3.63, 3.8) is 0 Å². The first-order chi connectivity index (χ1) is 8.29. The standard InChI is InChI=1S/C9H15N3O5S/c1-5(13)12(9(17)6(10)4-18)3-7(14)11-2-8(15)16/h6,18H,2-4,10H2,1H3,(H,11,14)(H,15,16)/t6-/m0/s1. The molecule has 9 heteroatoms. The Morgan fingerprint density at radius 3 is 2.33 bits per heavy atom. The summed E-state index contributed by atoms with van der Waals surface area (Å²) < 4.78 is 0. The Morgan fingerprint density at radius 2 is 1.94 bits per heavy atom. The largest absolute Gasteiger partial charge is 0.480 e. The number of nitrogens with two attached hydrogens (primary N) is 1. The van der Waals surface area contributed by atoms with E-state index in [2.05, 4.69) is 12.6 Å². The second-order valence-electron chi connectivity index (χ2n) is 3.40. The van der Waals surface area contributed by atoms with Crippen LogP contribution in [0.5, 0.6) is 0 Å². The van der Waals surface area contributed by atoms with E-state index in [9.17, 15) is 19.2 Å². The van der Waals surface area contributed by atoms with Crippen LogP contribution in [0.25, 0.3) is 0 Å². The Labute approximate surface area is 109 Å². The molecule has 0 spiro atoms. The molecule has 0 heterocycles. The normalized spacial score (nSPS) is 11.5. The van der Waals surface area contributed by atoms with E-state index in [-0.39, 0.29) is 5.75 Å². The van der Waals surface area contributed by atoms with Crippen LogP contribution in [-0.2, 0) is 19.2 Å². The second-order valence-corrected chi connectivity index (χ2v) is 3.77. The molecule has 0 aliphatic carbocycles. The van der Waals surface area contributed by atoms with Gasteiger partial charge in [0.25, 0.3) is 0 Å². The van der Waals surface area contributed by atoms with Gasteiger partial charge in [0.1, 0.15) is 13.1 Å². The van der Waals surface area contributed by atoms with Crippen molar-refractivity contribution in [3.8, 4) is 0 Å². The molecule has 0 aromatic heterocycles. The lowest BCUT2D eigenvalue weighted by Gasteiger charge is -2.21. The Hall–Kier alpha value is -1.61. The smallest absolute Gasteiger partial charge is 0.322 e. The molecule has 0 aliphatic rings. The van der Waals surface area contributed by atoms with Gasteiger partial charge in [-0.2, -0.15) is 12.6 Å². The zero-order chi connectivity index (χ0) is 14.3. The van der Waals surface area contributed by atoms with Crippen LogP contribution in [0.4, 0.5) is 0 Å². The Bertz CT molecular complexity index is 360. The molecule has 0 aromatic carbocycles. The molecule has 4 N–H and O–H groups in total. The van der Waals surface area contributed by atoms with E-state index in [1.165, 1.54) is 0 Å². The molecular weight excluding hydrogens is 262 g/mol. The first-order valence-corrected chi connectivity index (χ1v) is 5.59. The number of carboxylic acid groups (broad SMARTS) is 1. The number of hydrogen-bond acceptors (Lipinski definition) is 6. The van der Waals surface area contributed by atoms with Crippen LogP contribution in [0.2, 0.25) is 0 Å². The Balaban J connectivity index is 4.54. The number of imide groups is 1. The third-order valence-corrected chi connectivity index (χ3v) is 2.29. The highest BCUT2D eigenvalue weighted by Crippen LogP contribution is 1.97. The summed E-state index contributed by atoms with van der Waals surface area (Å²) in [7, 11) is 0. The van der Waals surface area contributed by atoms with Crippen molar-refractivity contribution in [3.05, 3.63) is 0 Å². The van der Waals surface area contributed by atoms with Gasteiger partial charge >= 0.3 is 5.97 Å². The lowest BCUT2D eigenvalue weighted by atomic mass is 10.3. The van der Waals surface area contributed by atoms with Gasteiger partial charge in [-0.3, -0.25) is 24.1 Å². The van der Waals surface area contributed by atoms with E-state index in [1.54, 1.807) is 0 Å². The third kappa shape index (κ3) is 5.64. The van der Waals surface area contributed by atoms with Crippen molar-refractivity contribution in [2.75, 3.05) is 18.8 Å². The SMILES string of the molecule is CC(=O)N(CC(=O)NCC(=O)O)C(=O)[C@@H](N)CS. The van der Waals surface area contributed by atoms with Crippen LogP contribution in [-0.4, -0.2) is 58.6 Å². The lowest BCUT2D eigenvalue weighted by molar-refractivity contribution is -0.147. The molecule has 0 aromatic rings. The summed E-state index contributed by atoms with van der Waals surface area (Å²) in [5.41, 5.74) is 5.41. The van der Waals surface area contributed by atoms with Crippen molar-refractivity contribution in [1.82, 2.24) is 10.2 Å². The van der Waals surface area contributed by atoms with Crippen LogP contribution >= 0.6 is 12.6 Å². The average Bonchev–Trinajstić information content (AvgIpc) is 2.31. The number of aliphatic carboxylic acids is 1. The molecule has 0 radical (unpaired) electrons. The second kappa shape index (κ2) is 7.67. The molecule has 102 valence electrons. The van der Waals surface area contributed by atoms with Crippen molar-refractivity contribution in [2.24, 2.45) is 5.73 Å². The van der Waals surface area contributed by atoms with Crippen LogP contribution in [0, 0.1) is 0 Å². The molecule has 1 atom stereocenters. The van der Waals surface area contributed by atoms with Gasteiger partial charge in [-0.05, 0) is 0 Å². The Kier molecular flexibility index (Phi) is 6.98. The monoisotopic (exact) mass is 277 g/mol. The summed E-state index contributed by atoms with van der Waals surface area (Å²) in [5.74, 6) is -3.34. The third-order valence-electron chi connectivity index (χ3n) is 1.90. The number of nitrogens with zero attached hydrogens (tertiary/aromatic N) is 1. The van der Waals surface area contributed by atoms with Crippen molar-refractivity contribution in [2.45, 2.75) is 13.0 Å². The van der Waals surface area contributed by atoms with E-state index in [0.717, 1.165) is 6.92 Å². The molecule has 0 unspecified atom stereocenters. The molecular formula is C9H15N3O5S. The fourth-order valence-electron chi connectivity index (χ4n) is 0.996. The summed E-state index contributed by atoms with van der Waals surface area (Å²) in [6, 6.07) is -0.996. The van der Waals surface area contributed by atoms with Gasteiger partial charge in [0.05, 0.1) is 6.04 Å². The van der Waals surface area contributed by atoms with Crippen molar-refractivity contribution >= 4 is 36.3 Å². The predicted molar refractivity (Wildman–Crippen MR) is 64.9 cm³/mol. The minimum absolute atomic E-state index is 0.0271. The number of carboxylic acids is 1. The van der Waals surface area contributed by atoms with Gasteiger partial charge in [-0.1, -0.05) is 0 Å². The minimum atomic E-state index is -1.23. The highest BCUT2D eigenvalue weighted by atomic mass is 32.1.